The lowest BCUT2D eigenvalue weighted by molar-refractivity contribution is -0.00257. The normalized spacial score (nSPS) is 26.1. The molecule has 2 fully saturated rings. The van der Waals surface area contributed by atoms with E-state index in [1.807, 2.05) is 24.3 Å². The minimum Gasteiger partial charge on any atom is -0.493 e. The largest absolute Gasteiger partial charge is 0.493 e. The van der Waals surface area contributed by atoms with Gasteiger partial charge in [-0.25, -0.2) is 0 Å². The number of ether oxygens (including phenoxy) is 3. The lowest BCUT2D eigenvalue weighted by Gasteiger charge is -2.33. The first kappa shape index (κ1) is 14.7. The molecule has 21 heavy (non-hydrogen) atoms. The molecule has 1 aromatic carbocycles. The number of benzene rings is 1. The molecule has 116 valence electrons. The summed E-state index contributed by atoms with van der Waals surface area (Å²) in [5, 5.41) is 0. The molecule has 2 saturated heterocycles. The van der Waals surface area contributed by atoms with Crippen molar-refractivity contribution in [1.29, 1.82) is 0 Å². The average molecular weight is 291 g/mol. The Kier molecular flexibility index (Phi) is 4.66. The third-order valence-corrected chi connectivity index (χ3v) is 4.66. The smallest absolute Gasteiger partial charge is 0.161 e. The second-order valence-electron chi connectivity index (χ2n) is 6.18. The van der Waals surface area contributed by atoms with Gasteiger partial charge >= 0.3 is 0 Å². The highest BCUT2D eigenvalue weighted by atomic mass is 16.5. The maximum absolute atomic E-state index is 5.87. The van der Waals surface area contributed by atoms with E-state index in [2.05, 4.69) is 4.90 Å². The third kappa shape index (κ3) is 3.50. The minimum absolute atomic E-state index is 0.419. The molecule has 0 amide bonds. The molecule has 0 bridgehead atoms. The second-order valence-corrected chi connectivity index (χ2v) is 6.18. The molecule has 2 heterocycles. The SMILES string of the molecule is COc1ccccc1OCCN1CCC2(CCCOC2)C1. The van der Waals surface area contributed by atoms with Gasteiger partial charge in [-0.15, -0.1) is 0 Å². The average Bonchev–Trinajstić information content (AvgIpc) is 2.91. The predicted octanol–water partition coefficient (Wildman–Crippen LogP) is 2.58. The Morgan fingerprint density at radius 1 is 1.24 bits per heavy atom. The Labute approximate surface area is 127 Å². The minimum atomic E-state index is 0.419. The van der Waals surface area contributed by atoms with Crippen molar-refractivity contribution >= 4 is 0 Å². The Morgan fingerprint density at radius 2 is 2.10 bits per heavy atom. The highest BCUT2D eigenvalue weighted by Gasteiger charge is 2.39. The molecular weight excluding hydrogens is 266 g/mol. The van der Waals surface area contributed by atoms with Gasteiger partial charge in [-0.2, -0.15) is 0 Å². The van der Waals surface area contributed by atoms with Crippen molar-refractivity contribution in [2.24, 2.45) is 5.41 Å². The molecule has 1 spiro atoms. The van der Waals surface area contributed by atoms with Gasteiger partial charge in [0.25, 0.3) is 0 Å². The zero-order valence-electron chi connectivity index (χ0n) is 12.8. The molecule has 1 atom stereocenters. The van der Waals surface area contributed by atoms with Gasteiger partial charge in [0.05, 0.1) is 13.7 Å². The molecule has 0 aromatic heterocycles. The summed E-state index contributed by atoms with van der Waals surface area (Å²) in [7, 11) is 1.68. The number of rotatable bonds is 5. The van der Waals surface area contributed by atoms with Crippen LogP contribution in [0.15, 0.2) is 24.3 Å². The van der Waals surface area contributed by atoms with E-state index >= 15 is 0 Å². The van der Waals surface area contributed by atoms with Crippen LogP contribution in [0, 0.1) is 5.41 Å². The fourth-order valence-electron chi connectivity index (χ4n) is 3.47. The highest BCUT2D eigenvalue weighted by molar-refractivity contribution is 5.39. The van der Waals surface area contributed by atoms with E-state index in [1.54, 1.807) is 7.11 Å². The molecule has 0 radical (unpaired) electrons. The fraction of sp³-hybridized carbons (Fsp3) is 0.647. The first-order valence-corrected chi connectivity index (χ1v) is 7.87. The monoisotopic (exact) mass is 291 g/mol. The highest BCUT2D eigenvalue weighted by Crippen LogP contribution is 2.37. The maximum Gasteiger partial charge on any atom is 0.161 e. The first-order chi connectivity index (χ1) is 10.3. The molecule has 2 aliphatic rings. The molecule has 1 aromatic rings. The van der Waals surface area contributed by atoms with Crippen LogP contribution in [-0.2, 0) is 4.74 Å². The van der Waals surface area contributed by atoms with Crippen LogP contribution < -0.4 is 9.47 Å². The summed E-state index contributed by atoms with van der Waals surface area (Å²) in [5.41, 5.74) is 0.419. The predicted molar refractivity (Wildman–Crippen MR) is 82.0 cm³/mol. The van der Waals surface area contributed by atoms with Gasteiger partial charge in [-0.3, -0.25) is 4.90 Å². The lowest BCUT2D eigenvalue weighted by Crippen LogP contribution is -2.36. The van der Waals surface area contributed by atoms with Crippen molar-refractivity contribution in [3.05, 3.63) is 24.3 Å². The zero-order chi connectivity index (χ0) is 14.5. The van der Waals surface area contributed by atoms with E-state index < -0.39 is 0 Å². The van der Waals surface area contributed by atoms with Crippen molar-refractivity contribution in [2.75, 3.05) is 46.6 Å². The summed E-state index contributed by atoms with van der Waals surface area (Å²) in [4.78, 5) is 2.50. The van der Waals surface area contributed by atoms with Gasteiger partial charge in [-0.1, -0.05) is 12.1 Å². The van der Waals surface area contributed by atoms with Crippen molar-refractivity contribution in [3.63, 3.8) is 0 Å². The fourth-order valence-corrected chi connectivity index (χ4v) is 3.47. The molecule has 0 saturated carbocycles. The number of methoxy groups -OCH3 is 1. The Balaban J connectivity index is 1.46. The summed E-state index contributed by atoms with van der Waals surface area (Å²) in [5.74, 6) is 1.63. The third-order valence-electron chi connectivity index (χ3n) is 4.66. The number of likely N-dealkylation sites (tertiary alicyclic amines) is 1. The van der Waals surface area contributed by atoms with E-state index in [0.29, 0.717) is 12.0 Å². The molecule has 0 aliphatic carbocycles. The summed E-state index contributed by atoms with van der Waals surface area (Å²) in [6.07, 6.45) is 3.80. The van der Waals surface area contributed by atoms with Crippen molar-refractivity contribution in [2.45, 2.75) is 19.3 Å². The zero-order valence-corrected chi connectivity index (χ0v) is 12.8. The van der Waals surface area contributed by atoms with E-state index in [9.17, 15) is 0 Å². The summed E-state index contributed by atoms with van der Waals surface area (Å²) in [6, 6.07) is 7.82. The number of hydrogen-bond donors (Lipinski definition) is 0. The van der Waals surface area contributed by atoms with Crippen LogP contribution in [0.5, 0.6) is 11.5 Å². The van der Waals surface area contributed by atoms with Crippen LogP contribution in [0.3, 0.4) is 0 Å². The van der Waals surface area contributed by atoms with Gasteiger partial charge < -0.3 is 14.2 Å². The van der Waals surface area contributed by atoms with E-state index in [0.717, 1.165) is 37.8 Å². The van der Waals surface area contributed by atoms with Crippen LogP contribution in [0.2, 0.25) is 0 Å². The van der Waals surface area contributed by atoms with Gasteiger partial charge in [-0.05, 0) is 37.9 Å². The van der Waals surface area contributed by atoms with Gasteiger partial charge in [0.15, 0.2) is 11.5 Å². The van der Waals surface area contributed by atoms with Crippen molar-refractivity contribution < 1.29 is 14.2 Å². The van der Waals surface area contributed by atoms with Crippen molar-refractivity contribution in [3.8, 4) is 11.5 Å². The van der Waals surface area contributed by atoms with Crippen molar-refractivity contribution in [1.82, 2.24) is 4.90 Å². The van der Waals surface area contributed by atoms with Crippen LogP contribution in [0.4, 0.5) is 0 Å². The lowest BCUT2D eigenvalue weighted by atomic mass is 9.82. The molecule has 0 N–H and O–H groups in total. The molecule has 3 rings (SSSR count). The second kappa shape index (κ2) is 6.67. The summed E-state index contributed by atoms with van der Waals surface area (Å²) >= 11 is 0. The van der Waals surface area contributed by atoms with E-state index in [4.69, 9.17) is 14.2 Å². The molecule has 2 aliphatic heterocycles. The van der Waals surface area contributed by atoms with Gasteiger partial charge in [0.2, 0.25) is 0 Å². The number of para-hydroxylation sites is 2. The Hall–Kier alpha value is -1.26. The summed E-state index contributed by atoms with van der Waals surface area (Å²) in [6.45, 7) is 5.88. The van der Waals surface area contributed by atoms with Crippen LogP contribution in [0.1, 0.15) is 19.3 Å². The summed E-state index contributed by atoms with van der Waals surface area (Å²) < 4.78 is 16.9. The molecule has 4 nitrogen and oxygen atoms in total. The number of nitrogens with zero attached hydrogens (tertiary/aromatic N) is 1. The topological polar surface area (TPSA) is 30.9 Å². The van der Waals surface area contributed by atoms with Gasteiger partial charge in [0, 0.05) is 25.1 Å². The van der Waals surface area contributed by atoms with Crippen LogP contribution in [0.25, 0.3) is 0 Å². The Morgan fingerprint density at radius 3 is 2.86 bits per heavy atom. The quantitative estimate of drug-likeness (QED) is 0.834. The van der Waals surface area contributed by atoms with Crippen LogP contribution in [-0.4, -0.2) is 51.5 Å². The molecule has 4 heteroatoms. The Bertz CT molecular complexity index is 457. The molecule has 1 unspecified atom stereocenters. The van der Waals surface area contributed by atoms with E-state index in [1.165, 1.54) is 25.8 Å². The van der Waals surface area contributed by atoms with Gasteiger partial charge in [0.1, 0.15) is 6.61 Å². The molecular formula is C17H25NO3. The number of hydrogen-bond acceptors (Lipinski definition) is 4. The standard InChI is InChI=1S/C17H25NO3/c1-19-15-5-2-3-6-16(15)21-12-10-18-9-8-17(13-18)7-4-11-20-14-17/h2-3,5-6H,4,7-14H2,1H3. The maximum atomic E-state index is 5.87. The van der Waals surface area contributed by atoms with E-state index in [-0.39, 0.29) is 0 Å². The first-order valence-electron chi connectivity index (χ1n) is 7.87. The van der Waals surface area contributed by atoms with Crippen LogP contribution >= 0.6 is 0 Å².